The van der Waals surface area contributed by atoms with Gasteiger partial charge in [-0.25, -0.2) is 4.79 Å². The maximum atomic E-state index is 11.9. The fraction of sp³-hybridized carbons (Fsp3) is 0.364. The molecular weight excluding hydrogens is 353 g/mol. The van der Waals surface area contributed by atoms with Crippen LogP contribution in [0.3, 0.4) is 0 Å². The number of halogens is 4. The molecule has 0 amide bonds. The van der Waals surface area contributed by atoms with Gasteiger partial charge in [0.25, 0.3) is 0 Å². The van der Waals surface area contributed by atoms with Gasteiger partial charge in [-0.3, -0.25) is 4.55 Å². The number of hydrogen-bond donors (Lipinski definition) is 1. The number of esters is 1. The van der Waals surface area contributed by atoms with Gasteiger partial charge in [-0.05, 0) is 32.0 Å². The number of alkyl halides is 3. The number of carbonyl (C=O) groups is 1. The maximum Gasteiger partial charge on any atom is 0.573 e. The van der Waals surface area contributed by atoms with E-state index in [2.05, 4.69) is 15.4 Å². The molecule has 0 heterocycles. The molecule has 1 aromatic rings. The Kier molecular flexibility index (Phi) is 7.64. The average Bonchev–Trinajstić information content (AvgIpc) is 2.23. The summed E-state index contributed by atoms with van der Waals surface area (Å²) in [6.45, 7) is 3.29. The van der Waals surface area contributed by atoms with Gasteiger partial charge in [0.2, 0.25) is 0 Å². The molecule has 1 N–H and O–H groups in total. The van der Waals surface area contributed by atoms with Crippen molar-refractivity contribution in [1.82, 2.24) is 0 Å². The summed E-state index contributed by atoms with van der Waals surface area (Å²) in [5.74, 6) is -1.14. The van der Waals surface area contributed by atoms with Crippen LogP contribution < -0.4 is 4.74 Å². The first kappa shape index (κ1) is 20.5. The van der Waals surface area contributed by atoms with Crippen LogP contribution in [0.5, 0.6) is 5.75 Å². The molecule has 0 spiro atoms. The SMILES string of the molecule is CC(C)OC(=O)c1cccc(OC(F)(F)F)c1.O=S(=O)(O)Cl. The Labute approximate surface area is 129 Å². The van der Waals surface area contributed by atoms with Crippen molar-refractivity contribution in [2.45, 2.75) is 26.3 Å². The maximum absolute atomic E-state index is 11.9. The minimum atomic E-state index is -4.78. The Hall–Kier alpha value is -1.52. The van der Waals surface area contributed by atoms with Crippen LogP contribution >= 0.6 is 10.7 Å². The molecular formula is C11H12ClF3O6S. The van der Waals surface area contributed by atoms with Gasteiger partial charge >= 0.3 is 21.7 Å². The van der Waals surface area contributed by atoms with E-state index in [1.54, 1.807) is 13.8 Å². The second kappa shape index (κ2) is 8.20. The van der Waals surface area contributed by atoms with Crippen molar-refractivity contribution in [3.8, 4) is 5.75 Å². The predicted molar refractivity (Wildman–Crippen MR) is 71.1 cm³/mol. The highest BCUT2D eigenvalue weighted by atomic mass is 35.7. The van der Waals surface area contributed by atoms with Crippen molar-refractivity contribution in [1.29, 1.82) is 0 Å². The Morgan fingerprint density at radius 3 is 2.23 bits per heavy atom. The van der Waals surface area contributed by atoms with Crippen molar-refractivity contribution in [3.63, 3.8) is 0 Å². The topological polar surface area (TPSA) is 89.9 Å². The molecule has 0 bridgehead atoms. The highest BCUT2D eigenvalue weighted by Gasteiger charge is 2.31. The first-order valence-electron chi connectivity index (χ1n) is 5.52. The molecule has 0 aliphatic heterocycles. The van der Waals surface area contributed by atoms with Crippen LogP contribution in [0.25, 0.3) is 0 Å². The molecule has 6 nitrogen and oxygen atoms in total. The van der Waals surface area contributed by atoms with E-state index in [9.17, 15) is 18.0 Å². The molecule has 0 aliphatic carbocycles. The summed E-state index contributed by atoms with van der Waals surface area (Å²) in [6.07, 6.45) is -5.12. The Morgan fingerprint density at radius 2 is 1.82 bits per heavy atom. The number of ether oxygens (including phenoxy) is 2. The third kappa shape index (κ3) is 12.2. The van der Waals surface area contributed by atoms with E-state index in [4.69, 9.17) is 17.7 Å². The van der Waals surface area contributed by atoms with Gasteiger partial charge in [0, 0.05) is 10.7 Å². The molecule has 0 atom stereocenters. The molecule has 1 aromatic carbocycles. The molecule has 0 saturated heterocycles. The lowest BCUT2D eigenvalue weighted by Crippen LogP contribution is -2.17. The first-order chi connectivity index (χ1) is 9.78. The quantitative estimate of drug-likeness (QED) is 0.503. The summed E-state index contributed by atoms with van der Waals surface area (Å²) in [5, 5.41) is 0. The Morgan fingerprint density at radius 1 is 1.32 bits per heavy atom. The standard InChI is InChI=1S/C11H11F3O3.ClHO3S/c1-7(2)16-10(15)8-4-3-5-9(6-8)17-11(12,13)14;1-5(2,3)4/h3-7H,1-2H3;(H,2,3,4). The van der Waals surface area contributed by atoms with Crippen molar-refractivity contribution < 1.29 is 40.4 Å². The fourth-order valence-corrected chi connectivity index (χ4v) is 1.10. The van der Waals surface area contributed by atoms with Crippen molar-refractivity contribution in [2.24, 2.45) is 0 Å². The molecule has 0 radical (unpaired) electrons. The minimum absolute atomic E-state index is 0.0143. The predicted octanol–water partition coefficient (Wildman–Crippen LogP) is 3.18. The molecule has 0 unspecified atom stereocenters. The summed E-state index contributed by atoms with van der Waals surface area (Å²) >= 11 is 0. The molecule has 0 saturated carbocycles. The second-order valence-corrected chi connectivity index (χ2v) is 5.94. The highest BCUT2D eigenvalue weighted by molar-refractivity contribution is 8.09. The van der Waals surface area contributed by atoms with Crippen LogP contribution in [0.4, 0.5) is 13.2 Å². The van der Waals surface area contributed by atoms with E-state index in [0.29, 0.717) is 0 Å². The summed E-state index contributed by atoms with van der Waals surface area (Å²) in [6, 6.07) is 4.74. The Bertz CT molecular complexity index is 592. The number of hydrogen-bond acceptors (Lipinski definition) is 5. The van der Waals surface area contributed by atoms with E-state index >= 15 is 0 Å². The molecule has 0 aliphatic rings. The molecule has 1 rings (SSSR count). The molecule has 126 valence electrons. The van der Waals surface area contributed by atoms with Crippen molar-refractivity contribution >= 4 is 26.0 Å². The zero-order valence-electron chi connectivity index (χ0n) is 11.3. The molecule has 22 heavy (non-hydrogen) atoms. The number of rotatable bonds is 3. The van der Waals surface area contributed by atoms with Crippen LogP contribution in [-0.2, 0) is 14.1 Å². The van der Waals surface area contributed by atoms with E-state index in [1.807, 2.05) is 0 Å². The van der Waals surface area contributed by atoms with Gasteiger partial charge in [-0.1, -0.05) is 6.07 Å². The summed E-state index contributed by atoms with van der Waals surface area (Å²) < 4.78 is 69.5. The van der Waals surface area contributed by atoms with Gasteiger partial charge in [0.05, 0.1) is 11.7 Å². The minimum Gasteiger partial charge on any atom is -0.459 e. The van der Waals surface area contributed by atoms with Gasteiger partial charge in [-0.15, -0.1) is 13.2 Å². The summed E-state index contributed by atoms with van der Waals surface area (Å²) in [7, 11) is -0.137. The number of benzene rings is 1. The van der Waals surface area contributed by atoms with Gasteiger partial charge in [0.15, 0.2) is 0 Å². The average molecular weight is 365 g/mol. The smallest absolute Gasteiger partial charge is 0.459 e. The van der Waals surface area contributed by atoms with E-state index < -0.39 is 27.4 Å². The first-order valence-corrected chi connectivity index (χ1v) is 7.78. The van der Waals surface area contributed by atoms with E-state index in [-0.39, 0.29) is 11.7 Å². The monoisotopic (exact) mass is 364 g/mol. The third-order valence-corrected chi connectivity index (χ3v) is 1.65. The Balaban J connectivity index is 0.000000763. The van der Waals surface area contributed by atoms with Gasteiger partial charge < -0.3 is 9.47 Å². The van der Waals surface area contributed by atoms with Crippen molar-refractivity contribution in [2.75, 3.05) is 0 Å². The fourth-order valence-electron chi connectivity index (χ4n) is 1.10. The van der Waals surface area contributed by atoms with Crippen LogP contribution in [0.1, 0.15) is 24.2 Å². The van der Waals surface area contributed by atoms with Crippen LogP contribution in [0.2, 0.25) is 0 Å². The lowest BCUT2D eigenvalue weighted by atomic mass is 10.2. The normalized spacial score (nSPS) is 11.5. The van der Waals surface area contributed by atoms with Crippen LogP contribution in [-0.4, -0.2) is 31.4 Å². The van der Waals surface area contributed by atoms with Crippen LogP contribution in [0, 0.1) is 0 Å². The zero-order valence-corrected chi connectivity index (χ0v) is 12.9. The third-order valence-electron chi connectivity index (χ3n) is 1.65. The van der Waals surface area contributed by atoms with Gasteiger partial charge in [0.1, 0.15) is 5.75 Å². The lowest BCUT2D eigenvalue weighted by molar-refractivity contribution is -0.274. The summed E-state index contributed by atoms with van der Waals surface area (Å²) in [4.78, 5) is 11.4. The zero-order chi connectivity index (χ0) is 17.6. The lowest BCUT2D eigenvalue weighted by Gasteiger charge is -2.11. The number of carbonyl (C=O) groups excluding carboxylic acids is 1. The molecule has 0 fully saturated rings. The van der Waals surface area contributed by atoms with Crippen LogP contribution in [0.15, 0.2) is 24.3 Å². The van der Waals surface area contributed by atoms with E-state index in [1.165, 1.54) is 12.1 Å². The second-order valence-electron chi connectivity index (χ2n) is 3.94. The van der Waals surface area contributed by atoms with E-state index in [0.717, 1.165) is 12.1 Å². The summed E-state index contributed by atoms with van der Waals surface area (Å²) in [5.41, 5.74) is 0.0143. The van der Waals surface area contributed by atoms with Crippen molar-refractivity contribution in [3.05, 3.63) is 29.8 Å². The largest absolute Gasteiger partial charge is 0.573 e. The van der Waals surface area contributed by atoms with Gasteiger partial charge in [-0.2, -0.15) is 8.42 Å². The molecule has 11 heteroatoms. The highest BCUT2D eigenvalue weighted by Crippen LogP contribution is 2.23. The molecule has 0 aromatic heterocycles.